The molecule has 0 saturated carbocycles. The van der Waals surface area contributed by atoms with E-state index in [1.165, 1.54) is 0 Å². The van der Waals surface area contributed by atoms with Crippen LogP contribution in [0.2, 0.25) is 0 Å². The summed E-state index contributed by atoms with van der Waals surface area (Å²) in [5, 5.41) is 0. The van der Waals surface area contributed by atoms with Crippen molar-refractivity contribution in [3.8, 4) is 0 Å². The molecule has 0 bridgehead atoms. The molecule has 0 spiro atoms. The van der Waals surface area contributed by atoms with Gasteiger partial charge in [-0.1, -0.05) is 34.6 Å². The molecule has 1 atom stereocenters. The molecule has 0 aliphatic carbocycles. The zero-order valence-corrected chi connectivity index (χ0v) is 9.37. The van der Waals surface area contributed by atoms with E-state index >= 15 is 0 Å². The molecule has 0 saturated heterocycles. The van der Waals surface area contributed by atoms with E-state index in [9.17, 15) is 4.39 Å². The van der Waals surface area contributed by atoms with E-state index in [2.05, 4.69) is 20.8 Å². The summed E-state index contributed by atoms with van der Waals surface area (Å²) in [7, 11) is 0. The molecule has 0 aromatic heterocycles. The smallest absolute Gasteiger partial charge is 0.113 e. The van der Waals surface area contributed by atoms with Crippen LogP contribution in [0.1, 0.15) is 54.4 Å². The molecule has 0 aromatic carbocycles. The van der Waals surface area contributed by atoms with Crippen LogP contribution in [0.15, 0.2) is 0 Å². The summed E-state index contributed by atoms with van der Waals surface area (Å²) in [4.78, 5) is 0. The lowest BCUT2D eigenvalue weighted by Gasteiger charge is -2.38. The summed E-state index contributed by atoms with van der Waals surface area (Å²) in [6, 6.07) is 0. The Morgan fingerprint density at radius 2 is 1.58 bits per heavy atom. The van der Waals surface area contributed by atoms with Crippen molar-refractivity contribution in [3.63, 3.8) is 0 Å². The van der Waals surface area contributed by atoms with Gasteiger partial charge in [0.15, 0.2) is 0 Å². The summed E-state index contributed by atoms with van der Waals surface area (Å²) < 4.78 is 14.1. The number of alkyl halides is 1. The molecule has 0 heterocycles. The molecule has 0 aliphatic heterocycles. The SMILES string of the molecule is CCC(C)(C)C(C)(F)CC(C)C. The van der Waals surface area contributed by atoms with Gasteiger partial charge in [-0.2, -0.15) is 0 Å². The van der Waals surface area contributed by atoms with Crippen molar-refractivity contribution in [3.05, 3.63) is 0 Å². The second-order valence-corrected chi connectivity index (χ2v) is 5.03. The van der Waals surface area contributed by atoms with Crippen LogP contribution in [-0.2, 0) is 0 Å². The van der Waals surface area contributed by atoms with Gasteiger partial charge in [0.25, 0.3) is 0 Å². The van der Waals surface area contributed by atoms with Gasteiger partial charge in [-0.25, -0.2) is 4.39 Å². The standard InChI is InChI=1S/C11H23F/c1-7-10(4,5)11(6,12)8-9(2)3/h9H,7-8H2,1-6H3. The predicted molar refractivity (Wildman–Crippen MR) is 53.0 cm³/mol. The first kappa shape index (κ1) is 11.9. The van der Waals surface area contributed by atoms with Crippen molar-refractivity contribution in [1.82, 2.24) is 0 Å². The fraction of sp³-hybridized carbons (Fsp3) is 1.00. The van der Waals surface area contributed by atoms with Gasteiger partial charge in [0, 0.05) is 0 Å². The van der Waals surface area contributed by atoms with Gasteiger partial charge < -0.3 is 0 Å². The van der Waals surface area contributed by atoms with E-state index < -0.39 is 5.67 Å². The van der Waals surface area contributed by atoms with E-state index in [-0.39, 0.29) is 5.41 Å². The molecule has 0 aromatic rings. The lowest BCUT2D eigenvalue weighted by Crippen LogP contribution is -2.38. The lowest BCUT2D eigenvalue weighted by molar-refractivity contribution is 0.0116. The molecule has 0 amide bonds. The minimum absolute atomic E-state index is 0.197. The quantitative estimate of drug-likeness (QED) is 0.599. The maximum absolute atomic E-state index is 14.1. The lowest BCUT2D eigenvalue weighted by atomic mass is 9.72. The van der Waals surface area contributed by atoms with Gasteiger partial charge >= 0.3 is 0 Å². The first-order valence-corrected chi connectivity index (χ1v) is 4.92. The minimum atomic E-state index is -1.03. The molecular weight excluding hydrogens is 151 g/mol. The second kappa shape index (κ2) is 3.76. The van der Waals surface area contributed by atoms with Crippen molar-refractivity contribution >= 4 is 0 Å². The molecule has 12 heavy (non-hydrogen) atoms. The van der Waals surface area contributed by atoms with Crippen LogP contribution in [0.4, 0.5) is 4.39 Å². The summed E-state index contributed by atoms with van der Waals surface area (Å²) in [6.45, 7) is 12.0. The Balaban J connectivity index is 4.37. The molecule has 1 heteroatoms. The van der Waals surface area contributed by atoms with E-state index in [1.54, 1.807) is 6.92 Å². The van der Waals surface area contributed by atoms with Crippen molar-refractivity contribution in [2.45, 2.75) is 60.1 Å². The third-order valence-corrected chi connectivity index (χ3v) is 3.09. The average Bonchev–Trinajstić information content (AvgIpc) is 1.84. The molecule has 0 rings (SSSR count). The van der Waals surface area contributed by atoms with Crippen LogP contribution in [-0.4, -0.2) is 5.67 Å². The predicted octanol–water partition coefficient (Wildman–Crippen LogP) is 4.20. The third-order valence-electron chi connectivity index (χ3n) is 3.09. The average molecular weight is 174 g/mol. The van der Waals surface area contributed by atoms with Gasteiger partial charge in [0.1, 0.15) is 5.67 Å². The van der Waals surface area contributed by atoms with Crippen molar-refractivity contribution in [2.75, 3.05) is 0 Å². The van der Waals surface area contributed by atoms with Crippen LogP contribution in [0.5, 0.6) is 0 Å². The van der Waals surface area contributed by atoms with Gasteiger partial charge in [-0.15, -0.1) is 0 Å². The first-order valence-electron chi connectivity index (χ1n) is 4.92. The monoisotopic (exact) mass is 174 g/mol. The van der Waals surface area contributed by atoms with Crippen LogP contribution in [0, 0.1) is 11.3 Å². The van der Waals surface area contributed by atoms with Crippen LogP contribution in [0.3, 0.4) is 0 Å². The number of halogens is 1. The van der Waals surface area contributed by atoms with Crippen molar-refractivity contribution < 1.29 is 4.39 Å². The highest BCUT2D eigenvalue weighted by molar-refractivity contribution is 4.89. The Bertz CT molecular complexity index is 134. The molecule has 1 unspecified atom stereocenters. The van der Waals surface area contributed by atoms with E-state index in [1.807, 2.05) is 13.8 Å². The third kappa shape index (κ3) is 2.76. The summed E-state index contributed by atoms with van der Waals surface area (Å²) in [6.07, 6.45) is 1.56. The Labute approximate surface area is 76.6 Å². The van der Waals surface area contributed by atoms with E-state index in [0.29, 0.717) is 12.3 Å². The Hall–Kier alpha value is -0.0700. The number of hydrogen-bond donors (Lipinski definition) is 0. The zero-order valence-electron chi connectivity index (χ0n) is 9.37. The molecular formula is C11H23F. The summed E-state index contributed by atoms with van der Waals surface area (Å²) in [5.41, 5.74) is -1.23. The molecule has 0 aliphatic rings. The summed E-state index contributed by atoms with van der Waals surface area (Å²) >= 11 is 0. The normalized spacial score (nSPS) is 18.0. The molecule has 0 nitrogen and oxygen atoms in total. The van der Waals surface area contributed by atoms with E-state index in [4.69, 9.17) is 0 Å². The molecule has 0 N–H and O–H groups in total. The fourth-order valence-corrected chi connectivity index (χ4v) is 1.41. The largest absolute Gasteiger partial charge is 0.244 e. The van der Waals surface area contributed by atoms with Crippen molar-refractivity contribution in [2.24, 2.45) is 11.3 Å². The minimum Gasteiger partial charge on any atom is -0.244 e. The van der Waals surface area contributed by atoms with Crippen LogP contribution < -0.4 is 0 Å². The number of rotatable bonds is 4. The van der Waals surface area contributed by atoms with Gasteiger partial charge in [0.05, 0.1) is 0 Å². The second-order valence-electron chi connectivity index (χ2n) is 5.03. The Morgan fingerprint density at radius 3 is 1.83 bits per heavy atom. The first-order chi connectivity index (χ1) is 5.23. The fourth-order valence-electron chi connectivity index (χ4n) is 1.41. The maximum atomic E-state index is 14.1. The maximum Gasteiger partial charge on any atom is 0.113 e. The Morgan fingerprint density at radius 1 is 1.17 bits per heavy atom. The van der Waals surface area contributed by atoms with Gasteiger partial charge in [-0.3, -0.25) is 0 Å². The van der Waals surface area contributed by atoms with Gasteiger partial charge in [0.2, 0.25) is 0 Å². The number of hydrogen-bond acceptors (Lipinski definition) is 0. The molecule has 0 fully saturated rings. The highest BCUT2D eigenvalue weighted by Gasteiger charge is 2.40. The molecule has 74 valence electrons. The van der Waals surface area contributed by atoms with Crippen molar-refractivity contribution in [1.29, 1.82) is 0 Å². The van der Waals surface area contributed by atoms with E-state index in [0.717, 1.165) is 6.42 Å². The highest BCUT2D eigenvalue weighted by Crippen LogP contribution is 2.41. The molecule has 0 radical (unpaired) electrons. The Kier molecular flexibility index (Phi) is 3.74. The van der Waals surface area contributed by atoms with Crippen LogP contribution >= 0.6 is 0 Å². The van der Waals surface area contributed by atoms with Gasteiger partial charge in [-0.05, 0) is 31.1 Å². The topological polar surface area (TPSA) is 0 Å². The highest BCUT2D eigenvalue weighted by atomic mass is 19.1. The van der Waals surface area contributed by atoms with Crippen LogP contribution in [0.25, 0.3) is 0 Å². The zero-order chi connectivity index (χ0) is 9.99. The summed E-state index contributed by atoms with van der Waals surface area (Å²) in [5.74, 6) is 0.436.